The first kappa shape index (κ1) is 14.2. The molecule has 0 radical (unpaired) electrons. The van der Waals surface area contributed by atoms with Gasteiger partial charge in [0.15, 0.2) is 11.5 Å². The van der Waals surface area contributed by atoms with Crippen LogP contribution in [0.2, 0.25) is 0 Å². The van der Waals surface area contributed by atoms with Crippen molar-refractivity contribution in [3.05, 3.63) is 21.7 Å². The number of nitrogens with zero attached hydrogens (tertiary/aromatic N) is 1. The smallest absolute Gasteiger partial charge is 0.165 e. The molecule has 0 amide bonds. The topological polar surface area (TPSA) is 47.7 Å². The average Bonchev–Trinajstić information content (AvgIpc) is 2.84. The zero-order valence-electron chi connectivity index (χ0n) is 12.0. The predicted octanol–water partition coefficient (Wildman–Crippen LogP) is 2.48. The fourth-order valence-electron chi connectivity index (χ4n) is 3.24. The third-order valence-corrected chi connectivity index (χ3v) is 5.40. The number of ether oxygens (including phenoxy) is 2. The van der Waals surface area contributed by atoms with E-state index in [0.717, 1.165) is 41.0 Å². The first-order chi connectivity index (χ1) is 9.61. The molecule has 2 N–H and O–H groups in total. The number of hydrogen-bond donors (Lipinski definition) is 1. The Morgan fingerprint density at radius 2 is 2.15 bits per heavy atom. The molecule has 2 atom stereocenters. The average molecular weight is 341 g/mol. The van der Waals surface area contributed by atoms with E-state index >= 15 is 0 Å². The Bertz CT molecular complexity index is 521. The summed E-state index contributed by atoms with van der Waals surface area (Å²) >= 11 is 3.75. The van der Waals surface area contributed by atoms with E-state index < -0.39 is 0 Å². The minimum Gasteiger partial charge on any atom is -0.486 e. The van der Waals surface area contributed by atoms with Crippen molar-refractivity contribution in [1.29, 1.82) is 0 Å². The quantitative estimate of drug-likeness (QED) is 0.898. The molecule has 2 aliphatic rings. The van der Waals surface area contributed by atoms with Gasteiger partial charge in [-0.25, -0.2) is 0 Å². The lowest BCUT2D eigenvalue weighted by Crippen LogP contribution is -2.21. The molecule has 1 aromatic carbocycles. The summed E-state index contributed by atoms with van der Waals surface area (Å²) in [6.07, 6.45) is 1.10. The molecule has 1 aromatic rings. The van der Waals surface area contributed by atoms with Crippen molar-refractivity contribution in [2.75, 3.05) is 33.4 Å². The summed E-state index contributed by atoms with van der Waals surface area (Å²) in [5, 5.41) is 0. The Morgan fingerprint density at radius 1 is 1.40 bits per heavy atom. The van der Waals surface area contributed by atoms with Crippen LogP contribution in [-0.2, 0) is 0 Å². The number of halogens is 1. The highest BCUT2D eigenvalue weighted by molar-refractivity contribution is 9.10. The second-order valence-corrected chi connectivity index (χ2v) is 6.51. The van der Waals surface area contributed by atoms with E-state index in [1.54, 1.807) is 0 Å². The van der Waals surface area contributed by atoms with Crippen molar-refractivity contribution in [3.63, 3.8) is 0 Å². The highest BCUT2D eigenvalue weighted by Crippen LogP contribution is 2.45. The lowest BCUT2D eigenvalue weighted by atomic mass is 9.97. The Balaban J connectivity index is 2.00. The summed E-state index contributed by atoms with van der Waals surface area (Å²) in [7, 11) is 2.17. The lowest BCUT2D eigenvalue weighted by Gasteiger charge is -2.26. The maximum atomic E-state index is 5.83. The summed E-state index contributed by atoms with van der Waals surface area (Å²) in [6.45, 7) is 5.14. The molecule has 110 valence electrons. The van der Waals surface area contributed by atoms with E-state index in [-0.39, 0.29) is 0 Å². The van der Waals surface area contributed by atoms with Gasteiger partial charge >= 0.3 is 0 Å². The van der Waals surface area contributed by atoms with Gasteiger partial charge in [0, 0.05) is 22.6 Å². The molecule has 1 saturated heterocycles. The van der Waals surface area contributed by atoms with Gasteiger partial charge in [-0.2, -0.15) is 0 Å². The van der Waals surface area contributed by atoms with E-state index in [4.69, 9.17) is 15.2 Å². The van der Waals surface area contributed by atoms with Crippen LogP contribution in [0.5, 0.6) is 11.5 Å². The van der Waals surface area contributed by atoms with Gasteiger partial charge < -0.3 is 15.2 Å². The molecular formula is C15H21BrN2O2. The van der Waals surface area contributed by atoms with E-state index in [2.05, 4.69) is 40.9 Å². The highest BCUT2D eigenvalue weighted by Gasteiger charge is 2.33. The molecular weight excluding hydrogens is 320 g/mol. The highest BCUT2D eigenvalue weighted by atomic mass is 79.9. The molecule has 4 nitrogen and oxygen atoms in total. The third kappa shape index (κ3) is 2.32. The van der Waals surface area contributed by atoms with E-state index in [0.29, 0.717) is 25.2 Å². The van der Waals surface area contributed by atoms with Crippen molar-refractivity contribution in [3.8, 4) is 11.5 Å². The minimum absolute atomic E-state index is 0.396. The molecule has 3 rings (SSSR count). The van der Waals surface area contributed by atoms with Crippen LogP contribution in [0.15, 0.2) is 10.5 Å². The summed E-state index contributed by atoms with van der Waals surface area (Å²) in [5.74, 6) is 2.32. The van der Waals surface area contributed by atoms with E-state index in [9.17, 15) is 0 Å². The summed E-state index contributed by atoms with van der Waals surface area (Å²) < 4.78 is 12.6. The van der Waals surface area contributed by atoms with Gasteiger partial charge in [0.25, 0.3) is 0 Å². The summed E-state index contributed by atoms with van der Waals surface area (Å²) in [4.78, 5) is 2.38. The van der Waals surface area contributed by atoms with Crippen LogP contribution in [0, 0.1) is 12.8 Å². The maximum Gasteiger partial charge on any atom is 0.165 e. The zero-order valence-corrected chi connectivity index (χ0v) is 13.6. The van der Waals surface area contributed by atoms with Gasteiger partial charge in [-0.05, 0) is 44.5 Å². The number of likely N-dealkylation sites (tertiary alicyclic amines) is 1. The predicted molar refractivity (Wildman–Crippen MR) is 82.4 cm³/mol. The molecule has 5 heteroatoms. The van der Waals surface area contributed by atoms with Crippen LogP contribution < -0.4 is 15.2 Å². The first-order valence-corrected chi connectivity index (χ1v) is 7.90. The molecule has 2 unspecified atom stereocenters. The summed E-state index contributed by atoms with van der Waals surface area (Å²) in [5.41, 5.74) is 8.24. The standard InChI is InChI=1S/C15H21BrN2O2/c1-9-14(16)11(6-13-15(9)20-4-3-19-13)12-5-10(7-17)8-18(12)2/h6,10,12H,3-5,7-8,17H2,1-2H3. The van der Waals surface area contributed by atoms with Crippen molar-refractivity contribution >= 4 is 15.9 Å². The van der Waals surface area contributed by atoms with E-state index in [1.807, 2.05) is 0 Å². The molecule has 0 bridgehead atoms. The SMILES string of the molecule is Cc1c(Br)c(C2CC(CN)CN2C)cc2c1OCCO2. The molecule has 20 heavy (non-hydrogen) atoms. The summed E-state index contributed by atoms with van der Waals surface area (Å²) in [6, 6.07) is 2.53. The van der Waals surface area contributed by atoms with Crippen LogP contribution in [0.3, 0.4) is 0 Å². The fraction of sp³-hybridized carbons (Fsp3) is 0.600. The Labute approximate surface area is 128 Å². The maximum absolute atomic E-state index is 5.83. The third-order valence-electron chi connectivity index (χ3n) is 4.35. The Morgan fingerprint density at radius 3 is 2.85 bits per heavy atom. The normalized spacial score (nSPS) is 26.0. The molecule has 2 heterocycles. The number of fused-ring (bicyclic) bond motifs is 1. The number of nitrogens with two attached hydrogens (primary N) is 1. The van der Waals surface area contributed by atoms with Gasteiger partial charge in [0.1, 0.15) is 13.2 Å². The Kier molecular flexibility index (Phi) is 3.93. The van der Waals surface area contributed by atoms with Gasteiger partial charge in [-0.1, -0.05) is 15.9 Å². The van der Waals surface area contributed by atoms with Crippen LogP contribution in [0.1, 0.15) is 23.6 Å². The number of benzene rings is 1. The first-order valence-electron chi connectivity index (χ1n) is 7.10. The van der Waals surface area contributed by atoms with Crippen molar-refractivity contribution in [2.24, 2.45) is 11.7 Å². The fourth-order valence-corrected chi connectivity index (χ4v) is 3.79. The number of rotatable bonds is 2. The lowest BCUT2D eigenvalue weighted by molar-refractivity contribution is 0.169. The van der Waals surface area contributed by atoms with Crippen LogP contribution >= 0.6 is 15.9 Å². The van der Waals surface area contributed by atoms with Crippen LogP contribution in [-0.4, -0.2) is 38.3 Å². The zero-order chi connectivity index (χ0) is 14.3. The molecule has 0 saturated carbocycles. The monoisotopic (exact) mass is 340 g/mol. The molecule has 0 spiro atoms. The Hall–Kier alpha value is -0.780. The largest absolute Gasteiger partial charge is 0.486 e. The van der Waals surface area contributed by atoms with Gasteiger partial charge in [-0.15, -0.1) is 0 Å². The second-order valence-electron chi connectivity index (χ2n) is 5.72. The molecule has 1 fully saturated rings. The van der Waals surface area contributed by atoms with Crippen LogP contribution in [0.25, 0.3) is 0 Å². The van der Waals surface area contributed by atoms with Crippen LogP contribution in [0.4, 0.5) is 0 Å². The van der Waals surface area contributed by atoms with Gasteiger partial charge in [0.05, 0.1) is 0 Å². The van der Waals surface area contributed by atoms with Gasteiger partial charge in [-0.3, -0.25) is 4.90 Å². The van der Waals surface area contributed by atoms with Gasteiger partial charge in [0.2, 0.25) is 0 Å². The van der Waals surface area contributed by atoms with Crippen molar-refractivity contribution in [2.45, 2.75) is 19.4 Å². The minimum atomic E-state index is 0.396. The van der Waals surface area contributed by atoms with E-state index in [1.165, 1.54) is 5.56 Å². The van der Waals surface area contributed by atoms with Crippen molar-refractivity contribution in [1.82, 2.24) is 4.90 Å². The van der Waals surface area contributed by atoms with Crippen molar-refractivity contribution < 1.29 is 9.47 Å². The molecule has 2 aliphatic heterocycles. The molecule has 0 aromatic heterocycles. The number of hydrogen-bond acceptors (Lipinski definition) is 4. The second kappa shape index (κ2) is 5.54. The molecule has 0 aliphatic carbocycles.